The molecule has 0 fully saturated rings. The van der Waals surface area contributed by atoms with Gasteiger partial charge in [-0.1, -0.05) is 13.0 Å². The number of nitrogens with one attached hydrogen (secondary N) is 1. The maximum absolute atomic E-state index is 12.0. The zero-order valence-corrected chi connectivity index (χ0v) is 12.8. The summed E-state index contributed by atoms with van der Waals surface area (Å²) in [5, 5.41) is 10.3. The lowest BCUT2D eigenvalue weighted by Gasteiger charge is -2.27. The van der Waals surface area contributed by atoms with Crippen LogP contribution in [-0.2, 0) is 6.42 Å². The molecule has 0 saturated heterocycles. The van der Waals surface area contributed by atoms with E-state index in [2.05, 4.69) is 22.9 Å². The van der Waals surface area contributed by atoms with Gasteiger partial charge in [-0.3, -0.25) is 4.79 Å². The number of aromatic hydroxyl groups is 1. The Morgan fingerprint density at radius 1 is 1.33 bits per heavy atom. The number of benzene rings is 1. The van der Waals surface area contributed by atoms with E-state index in [1.165, 1.54) is 5.56 Å². The van der Waals surface area contributed by atoms with Crippen LogP contribution in [0, 0.1) is 6.92 Å². The zero-order valence-electron chi connectivity index (χ0n) is 12.8. The fraction of sp³-hybridized carbons (Fsp3) is 0.353. The summed E-state index contributed by atoms with van der Waals surface area (Å²) in [6, 6.07) is 6.22. The van der Waals surface area contributed by atoms with Crippen molar-refractivity contribution < 1.29 is 5.11 Å². The zero-order chi connectivity index (χ0) is 15.3. The molecular formula is C17H20N2O2. The first kappa shape index (κ1) is 13.7. The Kier molecular flexibility index (Phi) is 3.04. The molecule has 2 N–H and O–H groups in total. The van der Waals surface area contributed by atoms with E-state index in [1.54, 1.807) is 6.92 Å². The normalized spacial score (nSPS) is 16.3. The van der Waals surface area contributed by atoms with Crippen molar-refractivity contribution in [2.75, 3.05) is 19.0 Å². The number of fused-ring (bicyclic) bond motifs is 3. The molecule has 21 heavy (non-hydrogen) atoms. The Hall–Kier alpha value is -2.23. The maximum atomic E-state index is 12.0. The van der Waals surface area contributed by atoms with Gasteiger partial charge in [0.25, 0.3) is 5.56 Å². The predicted octanol–water partition coefficient (Wildman–Crippen LogP) is 2.78. The van der Waals surface area contributed by atoms with Crippen molar-refractivity contribution in [2.24, 2.45) is 0 Å². The minimum absolute atomic E-state index is 0.142. The Labute approximate surface area is 124 Å². The standard InChI is InChI=1S/C17H20N2O2/c1-9-7-11-8-12(19(3)4)5-6-13(11)15-14(9)16(20)10(2)17(21)18-15/h5-6,8-9H,7H2,1-4H3,(H2,18,20,21). The monoisotopic (exact) mass is 284 g/mol. The van der Waals surface area contributed by atoms with Gasteiger partial charge in [0.1, 0.15) is 5.75 Å². The van der Waals surface area contributed by atoms with Gasteiger partial charge in [-0.15, -0.1) is 0 Å². The molecule has 2 aromatic rings. The SMILES string of the molecule is Cc1c(O)c2c([nH]c1=O)-c1ccc(N(C)C)cc1CC2C. The number of nitrogens with zero attached hydrogens (tertiary/aromatic N) is 1. The number of aromatic amines is 1. The number of pyridine rings is 1. The number of hydrogen-bond donors (Lipinski definition) is 2. The highest BCUT2D eigenvalue weighted by atomic mass is 16.3. The van der Waals surface area contributed by atoms with E-state index >= 15 is 0 Å². The second kappa shape index (κ2) is 4.65. The van der Waals surface area contributed by atoms with Crippen LogP contribution in [-0.4, -0.2) is 24.2 Å². The molecule has 0 radical (unpaired) electrons. The summed E-state index contributed by atoms with van der Waals surface area (Å²) in [5.74, 6) is 0.323. The Bertz CT molecular complexity index is 775. The van der Waals surface area contributed by atoms with E-state index in [0.29, 0.717) is 5.56 Å². The van der Waals surface area contributed by atoms with Crippen LogP contribution in [0.4, 0.5) is 5.69 Å². The maximum Gasteiger partial charge on any atom is 0.255 e. The summed E-state index contributed by atoms with van der Waals surface area (Å²) in [5.41, 5.74) is 5.17. The van der Waals surface area contributed by atoms with Crippen molar-refractivity contribution >= 4 is 5.69 Å². The third-order valence-corrected chi connectivity index (χ3v) is 4.35. The fourth-order valence-corrected chi connectivity index (χ4v) is 3.10. The summed E-state index contributed by atoms with van der Waals surface area (Å²) in [7, 11) is 4.03. The molecule has 0 bridgehead atoms. The lowest BCUT2D eigenvalue weighted by atomic mass is 9.81. The van der Waals surface area contributed by atoms with Gasteiger partial charge in [0.05, 0.1) is 11.3 Å². The van der Waals surface area contributed by atoms with Crippen LogP contribution in [0.1, 0.15) is 29.5 Å². The Morgan fingerprint density at radius 3 is 2.71 bits per heavy atom. The molecule has 1 unspecified atom stereocenters. The van der Waals surface area contributed by atoms with E-state index in [9.17, 15) is 9.90 Å². The van der Waals surface area contributed by atoms with Crippen molar-refractivity contribution in [2.45, 2.75) is 26.2 Å². The average Bonchev–Trinajstić information content (AvgIpc) is 2.43. The quantitative estimate of drug-likeness (QED) is 0.846. The molecule has 4 nitrogen and oxygen atoms in total. The second-order valence-electron chi connectivity index (χ2n) is 6.06. The molecule has 0 saturated carbocycles. The highest BCUT2D eigenvalue weighted by Gasteiger charge is 2.27. The lowest BCUT2D eigenvalue weighted by Crippen LogP contribution is -2.19. The molecule has 110 valence electrons. The summed E-state index contributed by atoms with van der Waals surface area (Å²) in [4.78, 5) is 17.0. The van der Waals surface area contributed by atoms with E-state index < -0.39 is 0 Å². The van der Waals surface area contributed by atoms with Crippen molar-refractivity contribution in [3.63, 3.8) is 0 Å². The largest absolute Gasteiger partial charge is 0.507 e. The summed E-state index contributed by atoms with van der Waals surface area (Å²) < 4.78 is 0. The van der Waals surface area contributed by atoms with Crippen molar-refractivity contribution in [3.8, 4) is 17.0 Å². The molecule has 4 heteroatoms. The number of H-pyrrole nitrogens is 1. The summed E-state index contributed by atoms with van der Waals surface area (Å²) in [6.45, 7) is 3.74. The molecule has 1 aromatic heterocycles. The Balaban J connectivity index is 2.29. The van der Waals surface area contributed by atoms with Crippen LogP contribution >= 0.6 is 0 Å². The van der Waals surface area contributed by atoms with E-state index in [-0.39, 0.29) is 17.2 Å². The molecule has 1 aromatic carbocycles. The molecule has 3 rings (SSSR count). The second-order valence-corrected chi connectivity index (χ2v) is 6.06. The van der Waals surface area contributed by atoms with Crippen molar-refractivity contribution in [1.82, 2.24) is 4.98 Å². The third-order valence-electron chi connectivity index (χ3n) is 4.35. The topological polar surface area (TPSA) is 56.3 Å². The Morgan fingerprint density at radius 2 is 2.05 bits per heavy atom. The van der Waals surface area contributed by atoms with Gasteiger partial charge < -0.3 is 15.0 Å². The van der Waals surface area contributed by atoms with Crippen LogP contribution < -0.4 is 10.5 Å². The van der Waals surface area contributed by atoms with Gasteiger partial charge in [-0.25, -0.2) is 0 Å². The van der Waals surface area contributed by atoms with Crippen LogP contribution in [0.25, 0.3) is 11.3 Å². The van der Waals surface area contributed by atoms with Crippen LogP contribution in [0.2, 0.25) is 0 Å². The van der Waals surface area contributed by atoms with Crippen molar-refractivity contribution in [3.05, 3.63) is 45.2 Å². The number of hydrogen-bond acceptors (Lipinski definition) is 3. The molecule has 0 amide bonds. The van der Waals surface area contributed by atoms with Gasteiger partial charge in [-0.05, 0) is 37.0 Å². The lowest BCUT2D eigenvalue weighted by molar-refractivity contribution is 0.455. The molecule has 1 heterocycles. The molecule has 0 aliphatic heterocycles. The molecule has 1 aliphatic rings. The van der Waals surface area contributed by atoms with Gasteiger partial charge in [0, 0.05) is 30.9 Å². The van der Waals surface area contributed by atoms with E-state index in [0.717, 1.165) is 28.9 Å². The highest BCUT2D eigenvalue weighted by Crippen LogP contribution is 2.43. The number of anilines is 1. The average molecular weight is 284 g/mol. The van der Waals surface area contributed by atoms with Gasteiger partial charge in [0.2, 0.25) is 0 Å². The number of aromatic nitrogens is 1. The molecule has 1 atom stereocenters. The molecule has 0 spiro atoms. The van der Waals surface area contributed by atoms with Gasteiger partial charge >= 0.3 is 0 Å². The molecule has 1 aliphatic carbocycles. The van der Waals surface area contributed by atoms with Crippen LogP contribution in [0.3, 0.4) is 0 Å². The van der Waals surface area contributed by atoms with Gasteiger partial charge in [-0.2, -0.15) is 0 Å². The first-order valence-electron chi connectivity index (χ1n) is 7.16. The first-order valence-corrected chi connectivity index (χ1v) is 7.16. The number of rotatable bonds is 1. The van der Waals surface area contributed by atoms with E-state index in [1.807, 2.05) is 26.2 Å². The highest BCUT2D eigenvalue weighted by molar-refractivity contribution is 5.75. The molecular weight excluding hydrogens is 264 g/mol. The van der Waals surface area contributed by atoms with Crippen LogP contribution in [0.5, 0.6) is 5.75 Å². The van der Waals surface area contributed by atoms with E-state index in [4.69, 9.17) is 0 Å². The van der Waals surface area contributed by atoms with Crippen molar-refractivity contribution in [1.29, 1.82) is 0 Å². The minimum Gasteiger partial charge on any atom is -0.507 e. The summed E-state index contributed by atoms with van der Waals surface area (Å²) >= 11 is 0. The first-order chi connectivity index (χ1) is 9.90. The minimum atomic E-state index is -0.219. The predicted molar refractivity (Wildman–Crippen MR) is 85.3 cm³/mol. The third kappa shape index (κ3) is 2.02. The van der Waals surface area contributed by atoms with Gasteiger partial charge in [0.15, 0.2) is 0 Å². The summed E-state index contributed by atoms with van der Waals surface area (Å²) in [6.07, 6.45) is 0.864. The fourth-order valence-electron chi connectivity index (χ4n) is 3.10. The van der Waals surface area contributed by atoms with Crippen LogP contribution in [0.15, 0.2) is 23.0 Å². The smallest absolute Gasteiger partial charge is 0.255 e.